The summed E-state index contributed by atoms with van der Waals surface area (Å²) in [5, 5.41) is 7.02. The molecule has 0 radical (unpaired) electrons. The Morgan fingerprint density at radius 2 is 2.36 bits per heavy atom. The molecule has 1 rings (SSSR count). The van der Waals surface area contributed by atoms with Gasteiger partial charge in [-0.1, -0.05) is 0 Å². The van der Waals surface area contributed by atoms with E-state index in [1.165, 1.54) is 57.6 Å². The van der Waals surface area contributed by atoms with Crippen molar-refractivity contribution in [3.05, 3.63) is 0 Å². The Hall–Kier alpha value is 0.270. The first-order valence-corrected chi connectivity index (χ1v) is 7.23. The molecule has 1 unspecified atom stereocenters. The maximum absolute atomic E-state index is 3.56. The molecule has 2 nitrogen and oxygen atoms in total. The predicted molar refractivity (Wildman–Crippen MR) is 66.1 cm³/mol. The summed E-state index contributed by atoms with van der Waals surface area (Å²) in [6, 6.07) is 0. The zero-order valence-electron chi connectivity index (χ0n) is 9.35. The van der Waals surface area contributed by atoms with Gasteiger partial charge >= 0.3 is 0 Å². The van der Waals surface area contributed by atoms with Crippen LogP contribution in [0.15, 0.2) is 0 Å². The van der Waals surface area contributed by atoms with Crippen LogP contribution in [0.1, 0.15) is 25.7 Å². The monoisotopic (exact) mass is 216 g/mol. The highest BCUT2D eigenvalue weighted by atomic mass is 32.2. The fourth-order valence-electron chi connectivity index (χ4n) is 1.90. The van der Waals surface area contributed by atoms with Crippen LogP contribution in [0.3, 0.4) is 0 Å². The Bertz CT molecular complexity index is 124. The van der Waals surface area contributed by atoms with Crippen molar-refractivity contribution in [1.29, 1.82) is 0 Å². The third kappa shape index (κ3) is 5.89. The molecule has 1 aliphatic rings. The molecule has 0 bridgehead atoms. The van der Waals surface area contributed by atoms with Crippen LogP contribution in [0.25, 0.3) is 0 Å². The van der Waals surface area contributed by atoms with E-state index in [0.29, 0.717) is 0 Å². The molecule has 2 N–H and O–H groups in total. The fraction of sp³-hybridized carbons (Fsp3) is 1.00. The van der Waals surface area contributed by atoms with Gasteiger partial charge in [0.25, 0.3) is 0 Å². The first-order chi connectivity index (χ1) is 6.93. The van der Waals surface area contributed by atoms with Crippen LogP contribution < -0.4 is 10.6 Å². The maximum Gasteiger partial charge on any atom is -0.000837 e. The first-order valence-electron chi connectivity index (χ1n) is 5.84. The molecule has 0 saturated carbocycles. The molecule has 1 atom stereocenters. The third-order valence-electron chi connectivity index (χ3n) is 2.78. The van der Waals surface area contributed by atoms with Gasteiger partial charge in [0.2, 0.25) is 0 Å². The van der Waals surface area contributed by atoms with Gasteiger partial charge in [-0.25, -0.2) is 0 Å². The topological polar surface area (TPSA) is 24.1 Å². The summed E-state index contributed by atoms with van der Waals surface area (Å²) in [5.41, 5.74) is 0. The van der Waals surface area contributed by atoms with Crippen molar-refractivity contribution in [3.63, 3.8) is 0 Å². The highest BCUT2D eigenvalue weighted by Crippen LogP contribution is 2.08. The van der Waals surface area contributed by atoms with Crippen molar-refractivity contribution in [2.24, 2.45) is 5.92 Å². The molecule has 1 saturated heterocycles. The van der Waals surface area contributed by atoms with Gasteiger partial charge in [-0.15, -0.1) is 0 Å². The van der Waals surface area contributed by atoms with E-state index in [-0.39, 0.29) is 0 Å². The van der Waals surface area contributed by atoms with Crippen molar-refractivity contribution >= 4 is 11.8 Å². The molecule has 0 amide bonds. The van der Waals surface area contributed by atoms with E-state index in [2.05, 4.69) is 16.9 Å². The number of unbranched alkanes of at least 4 members (excludes halogenated alkanes) is 1. The van der Waals surface area contributed by atoms with E-state index < -0.39 is 0 Å². The zero-order chi connectivity index (χ0) is 10.1. The summed E-state index contributed by atoms with van der Waals surface area (Å²) < 4.78 is 0. The van der Waals surface area contributed by atoms with Crippen molar-refractivity contribution in [3.8, 4) is 0 Å². The van der Waals surface area contributed by atoms with Crippen LogP contribution in [-0.2, 0) is 0 Å². The summed E-state index contributed by atoms with van der Waals surface area (Å²) in [7, 11) is 0. The number of hydrogen-bond donors (Lipinski definition) is 2. The molecule has 0 aliphatic carbocycles. The SMILES string of the molecule is CSCCCCNCC1CCCNC1. The molecule has 14 heavy (non-hydrogen) atoms. The Labute approximate surface area is 92.6 Å². The second-order valence-electron chi connectivity index (χ2n) is 4.12. The lowest BCUT2D eigenvalue weighted by Gasteiger charge is -2.22. The molecule has 84 valence electrons. The summed E-state index contributed by atoms with van der Waals surface area (Å²) >= 11 is 1.95. The van der Waals surface area contributed by atoms with E-state index in [4.69, 9.17) is 0 Å². The average Bonchev–Trinajstić information content (AvgIpc) is 2.25. The van der Waals surface area contributed by atoms with Gasteiger partial charge in [0.05, 0.1) is 0 Å². The normalized spacial score (nSPS) is 22.5. The minimum absolute atomic E-state index is 0.879. The minimum Gasteiger partial charge on any atom is -0.316 e. The standard InChI is InChI=1S/C11H24N2S/c1-14-8-3-2-6-12-9-11-5-4-7-13-10-11/h11-13H,2-10H2,1H3. The lowest BCUT2D eigenvalue weighted by molar-refractivity contribution is 0.360. The number of piperidine rings is 1. The Balaban J connectivity index is 1.82. The second-order valence-corrected chi connectivity index (χ2v) is 5.10. The minimum atomic E-state index is 0.879. The molecule has 3 heteroatoms. The summed E-state index contributed by atoms with van der Waals surface area (Å²) in [6.07, 6.45) is 7.64. The summed E-state index contributed by atoms with van der Waals surface area (Å²) in [5.74, 6) is 2.19. The average molecular weight is 216 g/mol. The van der Waals surface area contributed by atoms with E-state index >= 15 is 0 Å². The van der Waals surface area contributed by atoms with Crippen LogP contribution in [-0.4, -0.2) is 38.2 Å². The van der Waals surface area contributed by atoms with E-state index in [1.807, 2.05) is 11.8 Å². The van der Waals surface area contributed by atoms with Crippen LogP contribution >= 0.6 is 11.8 Å². The number of hydrogen-bond acceptors (Lipinski definition) is 3. The first kappa shape index (κ1) is 12.3. The highest BCUT2D eigenvalue weighted by molar-refractivity contribution is 7.98. The van der Waals surface area contributed by atoms with Gasteiger partial charge in [-0.05, 0) is 69.8 Å². The van der Waals surface area contributed by atoms with Gasteiger partial charge in [-0.2, -0.15) is 11.8 Å². The smallest absolute Gasteiger partial charge is 0.000837 e. The van der Waals surface area contributed by atoms with Gasteiger partial charge in [0, 0.05) is 0 Å². The second kappa shape index (κ2) is 8.57. The molecular weight excluding hydrogens is 192 g/mol. The largest absolute Gasteiger partial charge is 0.316 e. The number of nitrogens with one attached hydrogen (secondary N) is 2. The van der Waals surface area contributed by atoms with E-state index in [9.17, 15) is 0 Å². The van der Waals surface area contributed by atoms with Gasteiger partial charge in [0.15, 0.2) is 0 Å². The van der Waals surface area contributed by atoms with Crippen molar-refractivity contribution in [1.82, 2.24) is 10.6 Å². The van der Waals surface area contributed by atoms with E-state index in [0.717, 1.165) is 5.92 Å². The molecular formula is C11H24N2S. The van der Waals surface area contributed by atoms with Gasteiger partial charge in [-0.3, -0.25) is 0 Å². The molecule has 0 aromatic heterocycles. The maximum atomic E-state index is 3.56. The zero-order valence-corrected chi connectivity index (χ0v) is 10.2. The number of thioether (sulfide) groups is 1. The molecule has 0 aromatic rings. The highest BCUT2D eigenvalue weighted by Gasteiger charge is 2.11. The summed E-state index contributed by atoms with van der Waals surface area (Å²) in [6.45, 7) is 4.87. The molecule has 0 aromatic carbocycles. The van der Waals surface area contributed by atoms with Crippen molar-refractivity contribution in [2.45, 2.75) is 25.7 Å². The fourth-order valence-corrected chi connectivity index (χ4v) is 2.39. The molecule has 0 spiro atoms. The Morgan fingerprint density at radius 1 is 1.43 bits per heavy atom. The third-order valence-corrected chi connectivity index (χ3v) is 3.48. The quantitative estimate of drug-likeness (QED) is 0.634. The van der Waals surface area contributed by atoms with Crippen LogP contribution in [0.4, 0.5) is 0 Å². The summed E-state index contributed by atoms with van der Waals surface area (Å²) in [4.78, 5) is 0. The van der Waals surface area contributed by atoms with E-state index in [1.54, 1.807) is 0 Å². The molecule has 1 fully saturated rings. The Kier molecular flexibility index (Phi) is 7.55. The molecule has 1 aliphatic heterocycles. The predicted octanol–water partition coefficient (Wildman–Crippen LogP) is 1.72. The van der Waals surface area contributed by atoms with Crippen LogP contribution in [0.5, 0.6) is 0 Å². The van der Waals surface area contributed by atoms with Crippen molar-refractivity contribution < 1.29 is 0 Å². The lowest BCUT2D eigenvalue weighted by atomic mass is 10.00. The lowest BCUT2D eigenvalue weighted by Crippen LogP contribution is -2.36. The molecule has 1 heterocycles. The van der Waals surface area contributed by atoms with Crippen LogP contribution in [0, 0.1) is 5.92 Å². The van der Waals surface area contributed by atoms with Crippen molar-refractivity contribution in [2.75, 3.05) is 38.2 Å². The van der Waals surface area contributed by atoms with Gasteiger partial charge < -0.3 is 10.6 Å². The Morgan fingerprint density at radius 3 is 3.07 bits per heavy atom. The number of rotatable bonds is 7. The van der Waals surface area contributed by atoms with Crippen LogP contribution in [0.2, 0.25) is 0 Å². The van der Waals surface area contributed by atoms with Gasteiger partial charge in [0.1, 0.15) is 0 Å².